The van der Waals surface area contributed by atoms with Crippen molar-refractivity contribution in [2.45, 2.75) is 64.1 Å². The number of hydrogen-bond acceptors (Lipinski definition) is 3. The lowest BCUT2D eigenvalue weighted by atomic mass is 9.81. The summed E-state index contributed by atoms with van der Waals surface area (Å²) in [4.78, 5) is 12.9. The zero-order valence-corrected chi connectivity index (χ0v) is 21.6. The molecule has 5 nitrogen and oxygen atoms in total. The van der Waals surface area contributed by atoms with E-state index in [-0.39, 0.29) is 17.9 Å². The van der Waals surface area contributed by atoms with Crippen molar-refractivity contribution in [3.8, 4) is 0 Å². The van der Waals surface area contributed by atoms with Crippen molar-refractivity contribution in [1.29, 1.82) is 0 Å². The molecule has 1 saturated carbocycles. The summed E-state index contributed by atoms with van der Waals surface area (Å²) >= 11 is 0. The number of amides is 1. The maximum Gasteiger partial charge on any atom is 0.398 e. The molecule has 0 bridgehead atoms. The van der Waals surface area contributed by atoms with E-state index in [1.54, 1.807) is 39.0 Å². The van der Waals surface area contributed by atoms with E-state index >= 15 is 0 Å². The lowest BCUT2D eigenvalue weighted by Gasteiger charge is -2.29. The van der Waals surface area contributed by atoms with E-state index in [4.69, 9.17) is 0 Å². The van der Waals surface area contributed by atoms with E-state index in [9.17, 15) is 35.2 Å². The maximum atomic E-state index is 14.7. The Hall–Kier alpha value is -2.69. The van der Waals surface area contributed by atoms with Crippen LogP contribution in [0.25, 0.3) is 0 Å². The smallest absolute Gasteiger partial charge is 0.349 e. The third kappa shape index (κ3) is 5.35. The molecule has 11 heteroatoms. The first-order valence-electron chi connectivity index (χ1n) is 11.2. The second kappa shape index (κ2) is 9.00. The Morgan fingerprint density at radius 3 is 2.14 bits per heavy atom. The van der Waals surface area contributed by atoms with Crippen molar-refractivity contribution in [2.24, 2.45) is 5.92 Å². The van der Waals surface area contributed by atoms with Crippen molar-refractivity contribution >= 4 is 21.6 Å². The average molecular weight is 533 g/mol. The molecule has 0 aromatic heterocycles. The number of sulfonamides is 1. The van der Waals surface area contributed by atoms with E-state index in [1.165, 1.54) is 0 Å². The minimum Gasteiger partial charge on any atom is -0.349 e. The van der Waals surface area contributed by atoms with Gasteiger partial charge in [-0.25, -0.2) is 17.2 Å². The number of carbonyl (C=O) groups excluding carboxylic acids is 1. The van der Waals surface area contributed by atoms with Gasteiger partial charge < -0.3 is 5.32 Å². The zero-order valence-electron chi connectivity index (χ0n) is 20.8. The molecule has 3 atom stereocenters. The van der Waals surface area contributed by atoms with Crippen molar-refractivity contribution < 1.29 is 35.2 Å². The van der Waals surface area contributed by atoms with Gasteiger partial charge in [-0.05, 0) is 69.0 Å². The van der Waals surface area contributed by atoms with Crippen molar-refractivity contribution in [3.05, 3.63) is 64.2 Å². The molecule has 2 unspecified atom stereocenters. The van der Waals surface area contributed by atoms with E-state index < -0.39 is 56.2 Å². The lowest BCUT2D eigenvalue weighted by Crippen LogP contribution is -2.38. The molecule has 1 amide bonds. The molecule has 198 valence electrons. The molecule has 0 heterocycles. The van der Waals surface area contributed by atoms with E-state index in [0.29, 0.717) is 11.3 Å². The van der Waals surface area contributed by atoms with Gasteiger partial charge in [0.1, 0.15) is 11.6 Å². The Labute approximate surface area is 207 Å². The number of aryl methyl sites for hydroxylation is 1. The number of halogens is 5. The minimum atomic E-state index is -4.85. The Morgan fingerprint density at radius 1 is 1.11 bits per heavy atom. The van der Waals surface area contributed by atoms with Crippen LogP contribution in [0, 0.1) is 24.5 Å². The lowest BCUT2D eigenvalue weighted by molar-refractivity contribution is -0.181. The topological polar surface area (TPSA) is 75.3 Å². The highest BCUT2D eigenvalue weighted by Gasteiger charge is 2.57. The highest BCUT2D eigenvalue weighted by Crippen LogP contribution is 2.55. The van der Waals surface area contributed by atoms with Crippen molar-refractivity contribution in [2.75, 3.05) is 11.0 Å². The quantitative estimate of drug-likeness (QED) is 0.454. The number of nitrogens with one attached hydrogen (secondary N) is 2. The molecule has 0 spiro atoms. The zero-order chi connectivity index (χ0) is 27.4. The molecule has 2 N–H and O–H groups in total. The van der Waals surface area contributed by atoms with Gasteiger partial charge in [-0.1, -0.05) is 19.1 Å². The van der Waals surface area contributed by atoms with E-state index in [1.807, 2.05) is 0 Å². The third-order valence-electron chi connectivity index (χ3n) is 6.99. The van der Waals surface area contributed by atoms with Gasteiger partial charge in [-0.2, -0.15) is 13.2 Å². The highest BCUT2D eigenvalue weighted by atomic mass is 32.2. The fraction of sp³-hybridized carbons (Fsp3) is 0.480. The molecule has 0 saturated heterocycles. The maximum absolute atomic E-state index is 14.7. The predicted molar refractivity (Wildman–Crippen MR) is 127 cm³/mol. The van der Waals surface area contributed by atoms with Crippen LogP contribution in [0.1, 0.15) is 62.4 Å². The van der Waals surface area contributed by atoms with Crippen LogP contribution in [-0.4, -0.2) is 26.8 Å². The summed E-state index contributed by atoms with van der Waals surface area (Å²) in [6, 6.07) is 6.32. The van der Waals surface area contributed by atoms with Crippen LogP contribution in [0.4, 0.5) is 27.6 Å². The molecule has 1 aliphatic carbocycles. The van der Waals surface area contributed by atoms with Gasteiger partial charge in [0, 0.05) is 16.9 Å². The van der Waals surface area contributed by atoms with E-state index in [0.717, 1.165) is 37.8 Å². The number of alkyl halides is 3. The summed E-state index contributed by atoms with van der Waals surface area (Å²) in [5.41, 5.74) is -2.79. The van der Waals surface area contributed by atoms with Crippen LogP contribution in [0.3, 0.4) is 0 Å². The molecule has 3 rings (SSSR count). The molecule has 1 aliphatic rings. The minimum absolute atomic E-state index is 0.124. The van der Waals surface area contributed by atoms with Crippen LogP contribution >= 0.6 is 0 Å². The Morgan fingerprint density at radius 2 is 1.67 bits per heavy atom. The monoisotopic (exact) mass is 532 g/mol. The van der Waals surface area contributed by atoms with Crippen LogP contribution < -0.4 is 10.0 Å². The molecular formula is C25H29F5N2O3S. The second-order valence-electron chi connectivity index (χ2n) is 10.3. The van der Waals surface area contributed by atoms with E-state index in [2.05, 4.69) is 10.0 Å². The first-order chi connectivity index (χ1) is 16.3. The molecule has 1 fully saturated rings. The normalized spacial score (nSPS) is 21.1. The van der Waals surface area contributed by atoms with Gasteiger partial charge in [0.25, 0.3) is 0 Å². The van der Waals surface area contributed by atoms with Gasteiger partial charge in [-0.3, -0.25) is 9.52 Å². The Bertz CT molecular complexity index is 1280. The fourth-order valence-corrected chi connectivity index (χ4v) is 5.00. The highest BCUT2D eigenvalue weighted by molar-refractivity contribution is 7.92. The standard InChI is InChI=1S/C25H29F5N2O3S/c1-13-9-15(7-8-20(13)32-36(6,34)35)14(2)31-22(33)17-12-24(17,5)16-10-18(26)21(19(27)11-16)23(3,4)25(28,29)30/h7-11,14,17,32H,12H2,1-6H3,(H,31,33)/t14?,17-,24?/m0/s1. The number of hydrogen-bond donors (Lipinski definition) is 2. The number of rotatable bonds is 7. The molecule has 2 aromatic rings. The summed E-state index contributed by atoms with van der Waals surface area (Å²) in [6.45, 7) is 6.53. The summed E-state index contributed by atoms with van der Waals surface area (Å²) in [5, 5.41) is 2.85. The molecule has 36 heavy (non-hydrogen) atoms. The number of benzene rings is 2. The Balaban J connectivity index is 1.76. The average Bonchev–Trinajstić information content (AvgIpc) is 3.40. The first-order valence-corrected chi connectivity index (χ1v) is 13.1. The van der Waals surface area contributed by atoms with Gasteiger partial charge >= 0.3 is 6.18 Å². The van der Waals surface area contributed by atoms with Gasteiger partial charge in [0.05, 0.1) is 23.4 Å². The van der Waals surface area contributed by atoms with Gasteiger partial charge in [0.2, 0.25) is 15.9 Å². The Kier molecular flexibility index (Phi) is 6.98. The second-order valence-corrected chi connectivity index (χ2v) is 12.0. The number of anilines is 1. The number of carbonyl (C=O) groups is 1. The third-order valence-corrected chi connectivity index (χ3v) is 7.58. The fourth-order valence-electron chi connectivity index (χ4n) is 4.38. The van der Waals surface area contributed by atoms with Crippen LogP contribution in [0.2, 0.25) is 0 Å². The largest absolute Gasteiger partial charge is 0.398 e. The summed E-state index contributed by atoms with van der Waals surface area (Å²) in [5.74, 6) is -3.58. The summed E-state index contributed by atoms with van der Waals surface area (Å²) in [7, 11) is -3.45. The molecular weight excluding hydrogens is 503 g/mol. The first kappa shape index (κ1) is 27.9. The van der Waals surface area contributed by atoms with Gasteiger partial charge in [-0.15, -0.1) is 0 Å². The van der Waals surface area contributed by atoms with Crippen LogP contribution in [0.5, 0.6) is 0 Å². The van der Waals surface area contributed by atoms with Crippen LogP contribution in [-0.2, 0) is 25.6 Å². The van der Waals surface area contributed by atoms with Crippen molar-refractivity contribution in [1.82, 2.24) is 5.32 Å². The predicted octanol–water partition coefficient (Wildman–Crippen LogP) is 5.64. The molecule has 2 aromatic carbocycles. The van der Waals surface area contributed by atoms with Gasteiger partial charge in [0.15, 0.2) is 0 Å². The SMILES string of the molecule is Cc1cc(C(C)NC(=O)[C@@H]2CC2(C)c2cc(F)c(C(C)(C)C(F)(F)F)c(F)c2)ccc1NS(C)(=O)=O. The van der Waals surface area contributed by atoms with Crippen LogP contribution in [0.15, 0.2) is 30.3 Å². The molecule has 0 radical (unpaired) electrons. The molecule has 0 aliphatic heterocycles. The van der Waals surface area contributed by atoms with Crippen molar-refractivity contribution in [3.63, 3.8) is 0 Å². The summed E-state index contributed by atoms with van der Waals surface area (Å²) in [6.07, 6.45) is -3.53. The summed E-state index contributed by atoms with van der Waals surface area (Å²) < 4.78 is 94.9.